The second-order valence-corrected chi connectivity index (χ2v) is 7.11. The molecule has 1 aliphatic rings. The number of nitrogens with one attached hydrogen (secondary N) is 1. The van der Waals surface area contributed by atoms with Gasteiger partial charge in [0.05, 0.1) is 0 Å². The zero-order valence-electron chi connectivity index (χ0n) is 17.2. The second-order valence-electron chi connectivity index (χ2n) is 7.11. The maximum absolute atomic E-state index is 11.6. The van der Waals surface area contributed by atoms with Crippen molar-refractivity contribution in [2.45, 2.75) is 64.8 Å². The van der Waals surface area contributed by atoms with E-state index in [-0.39, 0.29) is 11.9 Å². The lowest BCUT2D eigenvalue weighted by Gasteiger charge is -2.07. The number of hydrogen-bond acceptors (Lipinski definition) is 3. The summed E-state index contributed by atoms with van der Waals surface area (Å²) in [6, 6.07) is 6.27. The first-order valence-corrected chi connectivity index (χ1v) is 10.4. The molecule has 1 aromatic rings. The third-order valence-corrected chi connectivity index (χ3v) is 4.69. The quantitative estimate of drug-likeness (QED) is 0.282. The van der Waals surface area contributed by atoms with Crippen molar-refractivity contribution >= 4 is 12.0 Å². The molecule has 1 aromatic carbocycles. The number of rotatable bonds is 12. The van der Waals surface area contributed by atoms with Crippen LogP contribution in [0.3, 0.4) is 0 Å². The number of ether oxygens (including phenoxy) is 2. The summed E-state index contributed by atoms with van der Waals surface area (Å²) in [6.07, 6.45) is 19.9. The van der Waals surface area contributed by atoms with Crippen LogP contribution in [-0.2, 0) is 4.79 Å². The predicted molar refractivity (Wildman–Crippen MR) is 115 cm³/mol. The molecule has 152 valence electrons. The minimum absolute atomic E-state index is 0.0206. The van der Waals surface area contributed by atoms with Gasteiger partial charge in [0.2, 0.25) is 12.7 Å². The molecular weight excluding hydrogens is 350 g/mol. The van der Waals surface area contributed by atoms with Gasteiger partial charge in [0, 0.05) is 12.1 Å². The van der Waals surface area contributed by atoms with E-state index >= 15 is 0 Å². The van der Waals surface area contributed by atoms with Crippen LogP contribution < -0.4 is 14.8 Å². The Morgan fingerprint density at radius 2 is 1.82 bits per heavy atom. The van der Waals surface area contributed by atoms with Crippen molar-refractivity contribution in [1.82, 2.24) is 5.32 Å². The Morgan fingerprint density at radius 1 is 1.07 bits per heavy atom. The fraction of sp³-hybridized carbons (Fsp3) is 0.458. The molecule has 0 aromatic heterocycles. The maximum atomic E-state index is 11.6. The first-order valence-electron chi connectivity index (χ1n) is 10.4. The maximum Gasteiger partial charge on any atom is 0.244 e. The highest BCUT2D eigenvalue weighted by atomic mass is 16.7. The second kappa shape index (κ2) is 12.8. The van der Waals surface area contributed by atoms with Crippen LogP contribution in [0.25, 0.3) is 6.08 Å². The lowest BCUT2D eigenvalue weighted by molar-refractivity contribution is -0.117. The number of benzene rings is 1. The van der Waals surface area contributed by atoms with E-state index < -0.39 is 0 Å². The lowest BCUT2D eigenvalue weighted by Crippen LogP contribution is -2.30. The number of carbonyl (C=O) groups excluding carboxylic acids is 1. The Bertz CT molecular complexity index is 691. The van der Waals surface area contributed by atoms with E-state index in [2.05, 4.69) is 36.5 Å². The number of unbranched alkanes of at least 4 members (excludes halogenated alkanes) is 5. The largest absolute Gasteiger partial charge is 0.454 e. The van der Waals surface area contributed by atoms with Gasteiger partial charge in [-0.3, -0.25) is 4.79 Å². The van der Waals surface area contributed by atoms with E-state index in [0.717, 1.165) is 36.3 Å². The minimum Gasteiger partial charge on any atom is -0.454 e. The Morgan fingerprint density at radius 3 is 2.61 bits per heavy atom. The molecule has 28 heavy (non-hydrogen) atoms. The smallest absolute Gasteiger partial charge is 0.244 e. The molecule has 0 radical (unpaired) electrons. The number of hydrogen-bond donors (Lipinski definition) is 1. The molecule has 0 saturated carbocycles. The first kappa shape index (κ1) is 21.8. The fourth-order valence-electron chi connectivity index (χ4n) is 2.82. The molecule has 0 saturated heterocycles. The summed E-state index contributed by atoms with van der Waals surface area (Å²) >= 11 is 0. The van der Waals surface area contributed by atoms with Gasteiger partial charge in [-0.25, -0.2) is 0 Å². The zero-order valence-corrected chi connectivity index (χ0v) is 17.2. The molecule has 0 aliphatic carbocycles. The van der Waals surface area contributed by atoms with Crippen LogP contribution in [0.4, 0.5) is 0 Å². The number of carbonyl (C=O) groups is 1. The molecule has 1 amide bonds. The average Bonchev–Trinajstić information content (AvgIpc) is 3.16. The molecule has 2 rings (SSSR count). The normalized spacial score (nSPS) is 14.4. The van der Waals surface area contributed by atoms with Gasteiger partial charge in [-0.2, -0.15) is 0 Å². The molecule has 0 bridgehead atoms. The van der Waals surface area contributed by atoms with Crippen molar-refractivity contribution in [1.29, 1.82) is 0 Å². The van der Waals surface area contributed by atoms with Gasteiger partial charge in [-0.05, 0) is 56.7 Å². The van der Waals surface area contributed by atoms with Gasteiger partial charge in [0.15, 0.2) is 11.5 Å². The number of allylic oxidation sites excluding steroid dienone is 4. The van der Waals surface area contributed by atoms with Crippen LogP contribution in [0, 0.1) is 0 Å². The van der Waals surface area contributed by atoms with Crippen molar-refractivity contribution in [3.63, 3.8) is 0 Å². The summed E-state index contributed by atoms with van der Waals surface area (Å²) in [4.78, 5) is 11.6. The van der Waals surface area contributed by atoms with Gasteiger partial charge >= 0.3 is 0 Å². The Balaban J connectivity index is 1.48. The minimum atomic E-state index is -0.0206. The Labute approximate surface area is 169 Å². The van der Waals surface area contributed by atoms with Gasteiger partial charge < -0.3 is 14.8 Å². The van der Waals surface area contributed by atoms with Crippen LogP contribution in [0.5, 0.6) is 11.5 Å². The summed E-state index contributed by atoms with van der Waals surface area (Å²) in [5, 5.41) is 2.91. The topological polar surface area (TPSA) is 47.6 Å². The fourth-order valence-corrected chi connectivity index (χ4v) is 2.82. The van der Waals surface area contributed by atoms with E-state index in [1.54, 1.807) is 6.08 Å². The molecular formula is C24H33NO3. The third-order valence-electron chi connectivity index (χ3n) is 4.69. The standard InChI is InChI=1S/C24H33NO3/c1-3-20(2)25-24(26)15-13-11-9-7-5-4-6-8-10-12-14-21-16-17-22-23(18-21)28-19-27-22/h9,11-18,20H,3-8,10,19H2,1-2H3,(H,25,26)/b11-9+,14-12+,15-13+/t20-/m0/s1. The molecule has 4 nitrogen and oxygen atoms in total. The summed E-state index contributed by atoms with van der Waals surface area (Å²) in [6.45, 7) is 4.39. The Hall–Kier alpha value is -2.49. The van der Waals surface area contributed by atoms with E-state index in [1.165, 1.54) is 25.7 Å². The van der Waals surface area contributed by atoms with Gasteiger partial charge in [0.25, 0.3) is 0 Å². The summed E-state index contributed by atoms with van der Waals surface area (Å²) < 4.78 is 10.7. The van der Waals surface area contributed by atoms with E-state index in [0.29, 0.717) is 6.79 Å². The molecule has 0 spiro atoms. The highest BCUT2D eigenvalue weighted by Crippen LogP contribution is 2.32. The van der Waals surface area contributed by atoms with Crippen molar-refractivity contribution < 1.29 is 14.3 Å². The van der Waals surface area contributed by atoms with E-state index in [9.17, 15) is 4.79 Å². The molecule has 1 heterocycles. The van der Waals surface area contributed by atoms with Crippen molar-refractivity contribution in [3.05, 3.63) is 54.1 Å². The average molecular weight is 384 g/mol. The third kappa shape index (κ3) is 8.47. The monoisotopic (exact) mass is 383 g/mol. The van der Waals surface area contributed by atoms with Crippen molar-refractivity contribution in [2.75, 3.05) is 6.79 Å². The van der Waals surface area contributed by atoms with E-state index in [1.807, 2.05) is 31.2 Å². The highest BCUT2D eigenvalue weighted by Gasteiger charge is 2.11. The van der Waals surface area contributed by atoms with Gasteiger partial charge in [-0.1, -0.05) is 56.2 Å². The molecule has 1 atom stereocenters. The van der Waals surface area contributed by atoms with Gasteiger partial charge in [0.1, 0.15) is 0 Å². The molecule has 1 N–H and O–H groups in total. The van der Waals surface area contributed by atoms with Gasteiger partial charge in [-0.15, -0.1) is 0 Å². The molecule has 4 heteroatoms. The number of amides is 1. The van der Waals surface area contributed by atoms with E-state index in [4.69, 9.17) is 9.47 Å². The van der Waals surface area contributed by atoms with Crippen LogP contribution in [0.15, 0.2) is 48.6 Å². The zero-order chi connectivity index (χ0) is 20.0. The van der Waals surface area contributed by atoms with Crippen LogP contribution in [0.1, 0.15) is 64.4 Å². The van der Waals surface area contributed by atoms with Crippen LogP contribution in [-0.4, -0.2) is 18.7 Å². The SMILES string of the molecule is CC[C@H](C)NC(=O)/C=C/C=C/CCCCCC/C=C/c1ccc2c(c1)OCO2. The van der Waals surface area contributed by atoms with Crippen molar-refractivity contribution in [3.8, 4) is 11.5 Å². The lowest BCUT2D eigenvalue weighted by atomic mass is 10.1. The van der Waals surface area contributed by atoms with Crippen LogP contribution >= 0.6 is 0 Å². The summed E-state index contributed by atoms with van der Waals surface area (Å²) in [5.41, 5.74) is 1.15. The first-order chi connectivity index (χ1) is 13.7. The van der Waals surface area contributed by atoms with Crippen LogP contribution in [0.2, 0.25) is 0 Å². The molecule has 1 aliphatic heterocycles. The molecule has 0 fully saturated rings. The summed E-state index contributed by atoms with van der Waals surface area (Å²) in [7, 11) is 0. The summed E-state index contributed by atoms with van der Waals surface area (Å²) in [5.74, 6) is 1.64. The Kier molecular flexibility index (Phi) is 9.98. The number of fused-ring (bicyclic) bond motifs is 1. The highest BCUT2D eigenvalue weighted by molar-refractivity contribution is 5.87. The molecule has 0 unspecified atom stereocenters. The van der Waals surface area contributed by atoms with Crippen molar-refractivity contribution in [2.24, 2.45) is 0 Å². The predicted octanol–water partition coefficient (Wildman–Crippen LogP) is 5.80.